The molecular formula is C10H19N3O3. The molecule has 0 saturated carbocycles. The van der Waals surface area contributed by atoms with Crippen molar-refractivity contribution in [3.05, 3.63) is 11.7 Å². The average molecular weight is 229 g/mol. The van der Waals surface area contributed by atoms with E-state index in [4.69, 9.17) is 14.4 Å². The van der Waals surface area contributed by atoms with E-state index in [1.807, 2.05) is 6.92 Å². The monoisotopic (exact) mass is 229 g/mol. The Morgan fingerprint density at radius 2 is 2.31 bits per heavy atom. The van der Waals surface area contributed by atoms with Gasteiger partial charge in [-0.25, -0.2) is 0 Å². The van der Waals surface area contributed by atoms with Gasteiger partial charge in [-0.15, -0.1) is 0 Å². The standard InChI is InChI=1S/C10H19N3O3/c1-8-12-9(16-13-8)6-11-10(2,4-5-14)7-15-3/h11,14H,4-7H2,1-3H3/t10-/m1/s1. The molecule has 0 unspecified atom stereocenters. The molecule has 1 heterocycles. The second-order valence-corrected chi connectivity index (χ2v) is 4.06. The van der Waals surface area contributed by atoms with Crippen LogP contribution in [0.4, 0.5) is 0 Å². The van der Waals surface area contributed by atoms with Crippen LogP contribution >= 0.6 is 0 Å². The van der Waals surface area contributed by atoms with Gasteiger partial charge < -0.3 is 19.7 Å². The van der Waals surface area contributed by atoms with Crippen molar-refractivity contribution < 1.29 is 14.4 Å². The molecule has 0 aliphatic heterocycles. The van der Waals surface area contributed by atoms with Crippen LogP contribution in [0.1, 0.15) is 25.1 Å². The predicted molar refractivity (Wildman–Crippen MR) is 57.9 cm³/mol. The minimum absolute atomic E-state index is 0.107. The van der Waals surface area contributed by atoms with Gasteiger partial charge in [0.05, 0.1) is 13.2 Å². The van der Waals surface area contributed by atoms with Crippen molar-refractivity contribution >= 4 is 0 Å². The highest BCUT2D eigenvalue weighted by Gasteiger charge is 2.23. The molecule has 0 radical (unpaired) electrons. The summed E-state index contributed by atoms with van der Waals surface area (Å²) in [6, 6.07) is 0. The van der Waals surface area contributed by atoms with Crippen LogP contribution in [0.3, 0.4) is 0 Å². The van der Waals surface area contributed by atoms with Crippen molar-refractivity contribution in [1.82, 2.24) is 15.5 Å². The fraction of sp³-hybridized carbons (Fsp3) is 0.800. The van der Waals surface area contributed by atoms with Crippen molar-refractivity contribution in [2.45, 2.75) is 32.4 Å². The molecule has 1 atom stereocenters. The third-order valence-corrected chi connectivity index (χ3v) is 2.36. The van der Waals surface area contributed by atoms with Gasteiger partial charge in [-0.2, -0.15) is 4.98 Å². The van der Waals surface area contributed by atoms with Crippen LogP contribution in [0.25, 0.3) is 0 Å². The molecule has 0 spiro atoms. The molecule has 16 heavy (non-hydrogen) atoms. The van der Waals surface area contributed by atoms with Gasteiger partial charge in [0.1, 0.15) is 0 Å². The summed E-state index contributed by atoms with van der Waals surface area (Å²) in [6.45, 7) is 4.85. The van der Waals surface area contributed by atoms with E-state index < -0.39 is 0 Å². The van der Waals surface area contributed by atoms with Gasteiger partial charge in [0.15, 0.2) is 5.82 Å². The molecule has 1 rings (SSSR count). The SMILES string of the molecule is COC[C@@](C)(CCO)NCc1nc(C)no1. The van der Waals surface area contributed by atoms with Gasteiger partial charge in [0, 0.05) is 19.3 Å². The molecule has 92 valence electrons. The number of rotatable bonds is 7. The molecule has 0 aromatic carbocycles. The van der Waals surface area contributed by atoms with E-state index in [1.54, 1.807) is 14.0 Å². The maximum absolute atomic E-state index is 8.98. The number of aliphatic hydroxyl groups is 1. The van der Waals surface area contributed by atoms with Crippen LogP contribution in [0, 0.1) is 6.92 Å². The molecule has 0 fully saturated rings. The number of ether oxygens (including phenoxy) is 1. The summed E-state index contributed by atoms with van der Waals surface area (Å²) in [7, 11) is 1.63. The molecule has 0 aliphatic carbocycles. The highest BCUT2D eigenvalue weighted by Crippen LogP contribution is 2.10. The molecule has 0 bridgehead atoms. The summed E-state index contributed by atoms with van der Waals surface area (Å²) < 4.78 is 10.1. The molecule has 6 nitrogen and oxygen atoms in total. The van der Waals surface area contributed by atoms with E-state index in [0.717, 1.165) is 0 Å². The number of aliphatic hydroxyl groups excluding tert-OH is 1. The van der Waals surface area contributed by atoms with Crippen LogP contribution < -0.4 is 5.32 Å². The molecule has 1 aromatic rings. The summed E-state index contributed by atoms with van der Waals surface area (Å²) in [4.78, 5) is 4.09. The van der Waals surface area contributed by atoms with E-state index in [2.05, 4.69) is 15.5 Å². The number of methoxy groups -OCH3 is 1. The van der Waals surface area contributed by atoms with Gasteiger partial charge in [-0.05, 0) is 20.3 Å². The molecule has 0 saturated heterocycles. The highest BCUT2D eigenvalue weighted by molar-refractivity contribution is 4.88. The van der Waals surface area contributed by atoms with E-state index in [1.165, 1.54) is 0 Å². The summed E-state index contributed by atoms with van der Waals surface area (Å²) in [6.07, 6.45) is 0.605. The zero-order valence-corrected chi connectivity index (χ0v) is 9.99. The van der Waals surface area contributed by atoms with E-state index >= 15 is 0 Å². The lowest BCUT2D eigenvalue weighted by Gasteiger charge is -2.28. The molecule has 6 heteroatoms. The summed E-state index contributed by atoms with van der Waals surface area (Å²) >= 11 is 0. The Balaban J connectivity index is 2.49. The van der Waals surface area contributed by atoms with Gasteiger partial charge in [0.25, 0.3) is 0 Å². The van der Waals surface area contributed by atoms with Gasteiger partial charge >= 0.3 is 0 Å². The van der Waals surface area contributed by atoms with E-state index in [0.29, 0.717) is 31.3 Å². The largest absolute Gasteiger partial charge is 0.396 e. The summed E-state index contributed by atoms with van der Waals surface area (Å²) in [5.41, 5.74) is -0.286. The highest BCUT2D eigenvalue weighted by atomic mass is 16.5. The lowest BCUT2D eigenvalue weighted by Crippen LogP contribution is -2.46. The lowest BCUT2D eigenvalue weighted by atomic mass is 9.99. The Morgan fingerprint density at radius 1 is 1.56 bits per heavy atom. The quantitative estimate of drug-likeness (QED) is 0.698. The number of nitrogens with one attached hydrogen (secondary N) is 1. The second kappa shape index (κ2) is 5.93. The van der Waals surface area contributed by atoms with Crippen LogP contribution in [0.15, 0.2) is 4.52 Å². The number of aryl methyl sites for hydroxylation is 1. The minimum Gasteiger partial charge on any atom is -0.396 e. The maximum Gasteiger partial charge on any atom is 0.240 e. The summed E-state index contributed by atoms with van der Waals surface area (Å²) in [5, 5.41) is 15.9. The Kier molecular flexibility index (Phi) is 4.85. The fourth-order valence-corrected chi connectivity index (χ4v) is 1.48. The van der Waals surface area contributed by atoms with Crippen LogP contribution in [0.5, 0.6) is 0 Å². The van der Waals surface area contributed by atoms with Gasteiger partial charge in [-0.1, -0.05) is 5.16 Å². The summed E-state index contributed by atoms with van der Waals surface area (Å²) in [5.74, 6) is 1.16. The molecular weight excluding hydrogens is 210 g/mol. The Bertz CT molecular complexity index is 308. The number of hydrogen-bond donors (Lipinski definition) is 2. The molecule has 1 aromatic heterocycles. The second-order valence-electron chi connectivity index (χ2n) is 4.06. The minimum atomic E-state index is -0.286. The van der Waals surface area contributed by atoms with E-state index in [9.17, 15) is 0 Å². The van der Waals surface area contributed by atoms with Gasteiger partial charge in [-0.3, -0.25) is 0 Å². The Labute approximate surface area is 95.0 Å². The predicted octanol–water partition coefficient (Wildman–Crippen LogP) is 0.255. The van der Waals surface area contributed by atoms with Crippen LogP contribution in [-0.2, 0) is 11.3 Å². The number of hydrogen-bond acceptors (Lipinski definition) is 6. The van der Waals surface area contributed by atoms with Crippen molar-refractivity contribution in [1.29, 1.82) is 0 Å². The maximum atomic E-state index is 8.98. The zero-order chi connectivity index (χ0) is 12.0. The van der Waals surface area contributed by atoms with Crippen molar-refractivity contribution in [3.63, 3.8) is 0 Å². The Hall–Kier alpha value is -0.980. The number of nitrogens with zero attached hydrogens (tertiary/aromatic N) is 2. The average Bonchev–Trinajstić information content (AvgIpc) is 2.62. The smallest absolute Gasteiger partial charge is 0.240 e. The first-order valence-electron chi connectivity index (χ1n) is 5.23. The number of aromatic nitrogens is 2. The topological polar surface area (TPSA) is 80.4 Å². The first-order valence-corrected chi connectivity index (χ1v) is 5.23. The van der Waals surface area contributed by atoms with Crippen LogP contribution in [0.2, 0.25) is 0 Å². The third kappa shape index (κ3) is 3.88. The normalized spacial score (nSPS) is 15.0. The zero-order valence-electron chi connectivity index (χ0n) is 9.99. The molecule has 0 aliphatic rings. The first-order chi connectivity index (χ1) is 7.59. The molecule has 0 amide bonds. The third-order valence-electron chi connectivity index (χ3n) is 2.36. The first kappa shape index (κ1) is 13.1. The molecule has 2 N–H and O–H groups in total. The van der Waals surface area contributed by atoms with Crippen LogP contribution in [-0.4, -0.2) is 41.1 Å². The van der Waals surface area contributed by atoms with Crippen molar-refractivity contribution in [2.75, 3.05) is 20.3 Å². The lowest BCUT2D eigenvalue weighted by molar-refractivity contribution is 0.0948. The van der Waals surface area contributed by atoms with Crippen molar-refractivity contribution in [3.8, 4) is 0 Å². The van der Waals surface area contributed by atoms with E-state index in [-0.39, 0.29) is 12.1 Å². The fourth-order valence-electron chi connectivity index (χ4n) is 1.48. The van der Waals surface area contributed by atoms with Crippen molar-refractivity contribution in [2.24, 2.45) is 0 Å². The Morgan fingerprint density at radius 3 is 2.81 bits per heavy atom. The van der Waals surface area contributed by atoms with Gasteiger partial charge in [0.2, 0.25) is 5.89 Å².